The topological polar surface area (TPSA) is 75.7 Å². The molecule has 1 aromatic carbocycles. The van der Waals surface area contributed by atoms with Crippen molar-refractivity contribution in [2.24, 2.45) is 56.2 Å². The van der Waals surface area contributed by atoms with Crippen LogP contribution in [0.2, 0.25) is 0 Å². The predicted octanol–water partition coefficient (Wildman–Crippen LogP) is 10.1. The van der Waals surface area contributed by atoms with Gasteiger partial charge in [-0.15, -0.1) is 0 Å². The molecule has 7 rings (SSSR count). The van der Waals surface area contributed by atoms with Crippen LogP contribution in [0.4, 0.5) is 0 Å². The maximum Gasteiger partial charge on any atom is 0.338 e. The molecule has 5 fully saturated rings. The number of methoxy groups -OCH3 is 1. The van der Waals surface area contributed by atoms with E-state index in [1.165, 1.54) is 52.3 Å². The van der Waals surface area contributed by atoms with Gasteiger partial charge in [0.2, 0.25) is 5.91 Å². The number of hydrogen-bond acceptors (Lipinski definition) is 5. The molecule has 292 valence electrons. The molecule has 1 aromatic rings. The van der Waals surface area contributed by atoms with Crippen LogP contribution in [-0.4, -0.2) is 55.8 Å². The minimum absolute atomic E-state index is 0.00348. The van der Waals surface area contributed by atoms with Crippen LogP contribution in [0, 0.1) is 56.2 Å². The van der Waals surface area contributed by atoms with E-state index in [0.717, 1.165) is 64.5 Å². The van der Waals surface area contributed by atoms with Crippen LogP contribution in [0.5, 0.6) is 0 Å². The second kappa shape index (κ2) is 13.9. The van der Waals surface area contributed by atoms with Crippen LogP contribution >= 0.6 is 0 Å². The number of carbonyl (C=O) groups excluding carboxylic acids is 3. The zero-order chi connectivity index (χ0) is 38.0. The van der Waals surface area contributed by atoms with Gasteiger partial charge in [-0.2, -0.15) is 0 Å². The van der Waals surface area contributed by atoms with Crippen molar-refractivity contribution in [1.82, 2.24) is 10.2 Å². The number of hydrogen-bond donors (Lipinski definition) is 1. The predicted molar refractivity (Wildman–Crippen MR) is 213 cm³/mol. The molecule has 2 unspecified atom stereocenters. The van der Waals surface area contributed by atoms with Gasteiger partial charge in [-0.3, -0.25) is 9.59 Å². The molecule has 1 heterocycles. The van der Waals surface area contributed by atoms with Crippen LogP contribution in [0.15, 0.2) is 35.9 Å². The molecule has 1 N–H and O–H groups in total. The first-order chi connectivity index (χ1) is 25.0. The first-order valence-electron chi connectivity index (χ1n) is 21.4. The van der Waals surface area contributed by atoms with E-state index in [4.69, 9.17) is 4.74 Å². The number of benzene rings is 1. The Bertz CT molecular complexity index is 1620. The highest BCUT2D eigenvalue weighted by molar-refractivity contribution is 6.06. The van der Waals surface area contributed by atoms with E-state index >= 15 is 0 Å². The summed E-state index contributed by atoms with van der Waals surface area (Å²) in [6.07, 6.45) is 18.1. The number of esters is 1. The average molecular weight is 727 g/mol. The summed E-state index contributed by atoms with van der Waals surface area (Å²) < 4.78 is 5.02. The van der Waals surface area contributed by atoms with Crippen LogP contribution < -0.4 is 5.32 Å². The maximum atomic E-state index is 14.5. The van der Waals surface area contributed by atoms with Gasteiger partial charge in [0.15, 0.2) is 5.78 Å². The molecule has 6 heteroatoms. The van der Waals surface area contributed by atoms with Crippen LogP contribution in [-0.2, 0) is 9.53 Å². The Balaban J connectivity index is 1.13. The number of nitrogens with zero attached hydrogens (tertiary/aromatic N) is 1. The first-order valence-corrected chi connectivity index (χ1v) is 21.4. The number of carbonyl (C=O) groups is 3. The van der Waals surface area contributed by atoms with Gasteiger partial charge in [-0.05, 0) is 147 Å². The summed E-state index contributed by atoms with van der Waals surface area (Å²) in [5.74, 6) is 1.62. The molecule has 0 radical (unpaired) electrons. The van der Waals surface area contributed by atoms with Crippen LogP contribution in [0.25, 0.3) is 0 Å². The van der Waals surface area contributed by atoms with Gasteiger partial charge in [0.1, 0.15) is 0 Å². The third-order valence-corrected chi connectivity index (χ3v) is 17.6. The zero-order valence-electron chi connectivity index (χ0n) is 34.5. The summed E-state index contributed by atoms with van der Waals surface area (Å²) in [6.45, 7) is 21.7. The monoisotopic (exact) mass is 727 g/mol. The van der Waals surface area contributed by atoms with Crippen molar-refractivity contribution in [3.63, 3.8) is 0 Å². The second-order valence-electron chi connectivity index (χ2n) is 20.8. The number of piperidine rings is 1. The lowest BCUT2D eigenvalue weighted by Crippen LogP contribution is -2.65. The number of fused-ring (bicyclic) bond motifs is 7. The fraction of sp³-hybridized carbons (Fsp3) is 0.766. The number of ketones is 1. The minimum atomic E-state index is -0.445. The zero-order valence-corrected chi connectivity index (χ0v) is 34.5. The van der Waals surface area contributed by atoms with Crippen molar-refractivity contribution in [1.29, 1.82) is 0 Å². The number of allylic oxidation sites excluding steroid dienone is 2. The van der Waals surface area contributed by atoms with Crippen LogP contribution in [0.3, 0.4) is 0 Å². The Morgan fingerprint density at radius 3 is 2.25 bits per heavy atom. The van der Waals surface area contributed by atoms with Gasteiger partial charge >= 0.3 is 5.97 Å². The molecule has 1 saturated heterocycles. The Kier molecular flexibility index (Phi) is 10.2. The molecule has 8 atom stereocenters. The second-order valence-corrected chi connectivity index (χ2v) is 20.8. The number of likely N-dealkylation sites (tertiary alicyclic amines) is 1. The lowest BCUT2D eigenvalue weighted by Gasteiger charge is -2.71. The molecule has 1 amide bonds. The lowest BCUT2D eigenvalue weighted by molar-refractivity contribution is -0.193. The molecule has 0 spiro atoms. The van der Waals surface area contributed by atoms with Crippen molar-refractivity contribution in [2.75, 3.05) is 33.3 Å². The fourth-order valence-electron chi connectivity index (χ4n) is 14.1. The van der Waals surface area contributed by atoms with Gasteiger partial charge in [-0.25, -0.2) is 4.79 Å². The van der Waals surface area contributed by atoms with Crippen molar-refractivity contribution >= 4 is 17.7 Å². The number of amides is 1. The summed E-state index contributed by atoms with van der Waals surface area (Å²) in [5.41, 5.74) is 2.86. The third-order valence-electron chi connectivity index (χ3n) is 17.6. The van der Waals surface area contributed by atoms with Crippen molar-refractivity contribution in [3.05, 3.63) is 47.0 Å². The minimum Gasteiger partial charge on any atom is -0.465 e. The van der Waals surface area contributed by atoms with E-state index in [0.29, 0.717) is 41.2 Å². The highest BCUT2D eigenvalue weighted by atomic mass is 16.5. The molecule has 1 aliphatic heterocycles. The third kappa shape index (κ3) is 6.28. The Morgan fingerprint density at radius 2 is 1.53 bits per heavy atom. The number of Topliss-reactive ketones (excluding diaryl/α,β-unsaturated/α-hetero) is 1. The number of nitrogens with one attached hydrogen (secondary N) is 1. The molecule has 0 aromatic heterocycles. The highest BCUT2D eigenvalue weighted by Crippen LogP contribution is 2.76. The maximum absolute atomic E-state index is 14.5. The molecular formula is C47H70N2O4. The molecule has 5 aliphatic carbocycles. The fourth-order valence-corrected chi connectivity index (χ4v) is 14.1. The van der Waals surface area contributed by atoms with Gasteiger partial charge < -0.3 is 15.0 Å². The quantitative estimate of drug-likeness (QED) is 0.164. The van der Waals surface area contributed by atoms with Gasteiger partial charge in [0.25, 0.3) is 0 Å². The van der Waals surface area contributed by atoms with Crippen LogP contribution in [0.1, 0.15) is 159 Å². The number of rotatable bonds is 8. The van der Waals surface area contributed by atoms with Gasteiger partial charge in [-0.1, -0.05) is 84.7 Å². The Labute approximate surface area is 321 Å². The van der Waals surface area contributed by atoms with Gasteiger partial charge in [0.05, 0.1) is 18.1 Å². The van der Waals surface area contributed by atoms with Crippen molar-refractivity contribution in [3.8, 4) is 0 Å². The Morgan fingerprint density at radius 1 is 0.830 bits per heavy atom. The lowest BCUT2D eigenvalue weighted by atomic mass is 9.33. The molecule has 6 nitrogen and oxygen atoms in total. The van der Waals surface area contributed by atoms with E-state index in [1.54, 1.807) is 23.8 Å². The number of ether oxygens (including phenoxy) is 1. The molecule has 53 heavy (non-hydrogen) atoms. The SMILES string of the molecule is COC(=O)c1ccccc1C(=O)C[C@H]1CC[C@@]2(C)C(CC[C@]3(C)C2CC=C2[C@@H]4CC(C)(C)CC[C@]4(C(=O)NCCN4CCCCC4)CC[C@]23C)C1(C)C. The molecule has 0 bridgehead atoms. The average Bonchev–Trinajstić information content (AvgIpc) is 3.13. The van der Waals surface area contributed by atoms with Gasteiger partial charge in [0, 0.05) is 25.1 Å². The van der Waals surface area contributed by atoms with Crippen molar-refractivity contribution in [2.45, 2.75) is 138 Å². The Hall–Kier alpha value is -2.47. The molecule has 4 saturated carbocycles. The highest BCUT2D eigenvalue weighted by Gasteiger charge is 2.69. The largest absolute Gasteiger partial charge is 0.465 e. The van der Waals surface area contributed by atoms with E-state index < -0.39 is 5.97 Å². The van der Waals surface area contributed by atoms with Crippen molar-refractivity contribution < 1.29 is 19.1 Å². The summed E-state index contributed by atoms with van der Waals surface area (Å²) in [5, 5.41) is 3.53. The smallest absolute Gasteiger partial charge is 0.338 e. The van der Waals surface area contributed by atoms with E-state index in [1.807, 2.05) is 6.07 Å². The summed E-state index contributed by atoms with van der Waals surface area (Å²) in [6, 6.07) is 7.15. The van der Waals surface area contributed by atoms with E-state index in [-0.39, 0.29) is 44.2 Å². The molecular weight excluding hydrogens is 657 g/mol. The first kappa shape index (κ1) is 38.8. The summed E-state index contributed by atoms with van der Waals surface area (Å²) >= 11 is 0. The standard InChI is InChI=1S/C47H70N2O4/c1-42(2)22-24-47(41(52)48-26-29-49-27-12-9-13-28-49)25-23-45(6)35(36(47)31-42)16-17-39-44(5)20-18-32(43(3,4)38(44)19-21-46(39,45)7)30-37(50)33-14-10-11-15-34(33)40(51)53-8/h10-11,14-16,32,36,38-39H,9,12-13,17-31H2,1-8H3,(H,48,52)/t32-,36+,38?,39?,44+,45-,46-,47+/m1/s1. The van der Waals surface area contributed by atoms with E-state index in [2.05, 4.69) is 64.8 Å². The normalized spacial score (nSPS) is 38.9. The molecule has 6 aliphatic rings. The van der Waals surface area contributed by atoms with E-state index in [9.17, 15) is 14.4 Å². The summed E-state index contributed by atoms with van der Waals surface area (Å²) in [4.78, 5) is 43.5. The summed E-state index contributed by atoms with van der Waals surface area (Å²) in [7, 11) is 1.38.